The molecule has 3 N–H and O–H groups in total. The van der Waals surface area contributed by atoms with Crippen molar-refractivity contribution in [2.45, 2.75) is 25.3 Å². The first-order chi connectivity index (χ1) is 8.15. The van der Waals surface area contributed by atoms with E-state index in [4.69, 9.17) is 5.11 Å². The van der Waals surface area contributed by atoms with Gasteiger partial charge in [-0.3, -0.25) is 4.79 Å². The van der Waals surface area contributed by atoms with E-state index >= 15 is 0 Å². The molecule has 1 aliphatic rings. The maximum Gasteiger partial charge on any atom is 0.326 e. The number of carboxylic acid groups (broad SMARTS) is 1. The number of amides is 1. The van der Waals surface area contributed by atoms with Crippen molar-refractivity contribution in [3.8, 4) is 0 Å². The van der Waals surface area contributed by atoms with Crippen LogP contribution < -0.4 is 10.6 Å². The van der Waals surface area contributed by atoms with E-state index in [0.29, 0.717) is 13.0 Å². The van der Waals surface area contributed by atoms with Gasteiger partial charge in [-0.25, -0.2) is 4.79 Å². The predicted molar refractivity (Wildman–Crippen MR) is 68.2 cm³/mol. The van der Waals surface area contributed by atoms with Gasteiger partial charge in [0.25, 0.3) is 0 Å². The molecule has 0 spiro atoms. The van der Waals surface area contributed by atoms with Crippen molar-refractivity contribution in [2.24, 2.45) is 5.92 Å². The van der Waals surface area contributed by atoms with Crippen LogP contribution in [0.4, 0.5) is 0 Å². The lowest BCUT2D eigenvalue weighted by molar-refractivity contribution is -0.142. The Kier molecular flexibility index (Phi) is 6.36. The monoisotopic (exact) mass is 260 g/mol. The van der Waals surface area contributed by atoms with Crippen LogP contribution in [0.15, 0.2) is 0 Å². The van der Waals surface area contributed by atoms with Gasteiger partial charge in [0, 0.05) is 6.54 Å². The smallest absolute Gasteiger partial charge is 0.326 e. The van der Waals surface area contributed by atoms with E-state index in [2.05, 4.69) is 10.6 Å². The highest BCUT2D eigenvalue weighted by Crippen LogP contribution is 2.11. The maximum atomic E-state index is 11.9. The predicted octanol–water partition coefficient (Wildman–Crippen LogP) is 0.309. The Hall–Kier alpha value is -0.750. The SMILES string of the molecule is CSCC[C@H](NC(=O)[C@H]1CCCNC1)C(=O)O. The Morgan fingerprint density at radius 2 is 2.35 bits per heavy atom. The van der Waals surface area contributed by atoms with Gasteiger partial charge in [-0.2, -0.15) is 11.8 Å². The Morgan fingerprint density at radius 1 is 1.59 bits per heavy atom. The molecule has 0 radical (unpaired) electrons. The molecule has 1 rings (SSSR count). The summed E-state index contributed by atoms with van der Waals surface area (Å²) in [5.74, 6) is -0.429. The first kappa shape index (κ1) is 14.3. The largest absolute Gasteiger partial charge is 0.480 e. The molecule has 0 unspecified atom stereocenters. The molecule has 0 aliphatic carbocycles. The highest BCUT2D eigenvalue weighted by atomic mass is 32.2. The third kappa shape index (κ3) is 4.95. The summed E-state index contributed by atoms with van der Waals surface area (Å²) in [7, 11) is 0. The van der Waals surface area contributed by atoms with Crippen molar-refractivity contribution >= 4 is 23.6 Å². The first-order valence-electron chi connectivity index (χ1n) is 5.88. The summed E-state index contributed by atoms with van der Waals surface area (Å²) in [6, 6.07) is -0.753. The Labute approximate surface area is 106 Å². The fourth-order valence-electron chi connectivity index (χ4n) is 1.86. The van der Waals surface area contributed by atoms with E-state index in [-0.39, 0.29) is 11.8 Å². The lowest BCUT2D eigenvalue weighted by Gasteiger charge is -2.23. The lowest BCUT2D eigenvalue weighted by atomic mass is 9.98. The van der Waals surface area contributed by atoms with E-state index in [1.165, 1.54) is 0 Å². The zero-order chi connectivity index (χ0) is 12.7. The molecule has 1 amide bonds. The summed E-state index contributed by atoms with van der Waals surface area (Å²) >= 11 is 1.58. The zero-order valence-electron chi connectivity index (χ0n) is 10.1. The van der Waals surface area contributed by atoms with Crippen molar-refractivity contribution in [3.63, 3.8) is 0 Å². The second-order valence-corrected chi connectivity index (χ2v) is 5.21. The third-order valence-electron chi connectivity index (χ3n) is 2.89. The summed E-state index contributed by atoms with van der Waals surface area (Å²) in [5.41, 5.74) is 0. The standard InChI is InChI=1S/C11H20N2O3S/c1-17-6-4-9(11(15)16)13-10(14)8-3-2-5-12-7-8/h8-9,12H,2-7H2,1H3,(H,13,14)(H,15,16)/t8-,9-/m0/s1. The van der Waals surface area contributed by atoms with Crippen molar-refractivity contribution in [2.75, 3.05) is 25.1 Å². The molecule has 1 fully saturated rings. The quantitative estimate of drug-likeness (QED) is 0.640. The number of nitrogens with one attached hydrogen (secondary N) is 2. The molecule has 1 saturated heterocycles. The molecule has 0 saturated carbocycles. The van der Waals surface area contributed by atoms with Crippen molar-refractivity contribution in [3.05, 3.63) is 0 Å². The van der Waals surface area contributed by atoms with Gasteiger partial charge in [-0.1, -0.05) is 0 Å². The summed E-state index contributed by atoms with van der Waals surface area (Å²) in [5, 5.41) is 14.8. The number of aliphatic carboxylic acids is 1. The van der Waals surface area contributed by atoms with E-state index in [9.17, 15) is 9.59 Å². The van der Waals surface area contributed by atoms with E-state index in [1.807, 2.05) is 6.26 Å². The lowest BCUT2D eigenvalue weighted by Crippen LogP contribution is -2.47. The number of hydrogen-bond donors (Lipinski definition) is 3. The van der Waals surface area contributed by atoms with Crippen molar-refractivity contribution < 1.29 is 14.7 Å². The third-order valence-corrected chi connectivity index (χ3v) is 3.54. The van der Waals surface area contributed by atoms with Crippen LogP contribution in [0.25, 0.3) is 0 Å². The highest BCUT2D eigenvalue weighted by molar-refractivity contribution is 7.98. The molecule has 0 aromatic rings. The van der Waals surface area contributed by atoms with Gasteiger partial charge in [0.05, 0.1) is 5.92 Å². The summed E-state index contributed by atoms with van der Waals surface area (Å²) in [4.78, 5) is 22.8. The molecular weight excluding hydrogens is 240 g/mol. The first-order valence-corrected chi connectivity index (χ1v) is 7.27. The number of rotatable bonds is 6. The molecule has 1 heterocycles. The average Bonchev–Trinajstić information content (AvgIpc) is 2.35. The van der Waals surface area contributed by atoms with Crippen LogP contribution in [-0.2, 0) is 9.59 Å². The molecule has 5 nitrogen and oxygen atoms in total. The molecule has 1 aliphatic heterocycles. The van der Waals surface area contributed by atoms with Crippen molar-refractivity contribution in [1.82, 2.24) is 10.6 Å². The highest BCUT2D eigenvalue weighted by Gasteiger charge is 2.25. The molecule has 2 atom stereocenters. The molecule has 0 aromatic heterocycles. The van der Waals surface area contributed by atoms with Gasteiger partial charge < -0.3 is 15.7 Å². The average molecular weight is 260 g/mol. The van der Waals surface area contributed by atoms with E-state index < -0.39 is 12.0 Å². The van der Waals surface area contributed by atoms with Gasteiger partial charge in [-0.05, 0) is 37.8 Å². The molecule has 0 bridgehead atoms. The van der Waals surface area contributed by atoms with E-state index in [0.717, 1.165) is 25.1 Å². The zero-order valence-corrected chi connectivity index (χ0v) is 10.9. The second-order valence-electron chi connectivity index (χ2n) is 4.22. The summed E-state index contributed by atoms with van der Waals surface area (Å²) in [6.45, 7) is 1.60. The second kappa shape index (κ2) is 7.55. The Balaban J connectivity index is 2.42. The van der Waals surface area contributed by atoms with Crippen LogP contribution in [0.5, 0.6) is 0 Å². The van der Waals surface area contributed by atoms with Crippen LogP contribution >= 0.6 is 11.8 Å². The maximum absolute atomic E-state index is 11.9. The van der Waals surface area contributed by atoms with Crippen LogP contribution in [0.3, 0.4) is 0 Å². The van der Waals surface area contributed by atoms with Gasteiger partial charge >= 0.3 is 5.97 Å². The Bertz CT molecular complexity index is 267. The number of carbonyl (C=O) groups is 2. The summed E-state index contributed by atoms with van der Waals surface area (Å²) < 4.78 is 0. The van der Waals surface area contributed by atoms with Crippen LogP contribution in [0.2, 0.25) is 0 Å². The number of hydrogen-bond acceptors (Lipinski definition) is 4. The number of carbonyl (C=O) groups excluding carboxylic acids is 1. The summed E-state index contributed by atoms with van der Waals surface area (Å²) in [6.07, 6.45) is 4.21. The van der Waals surface area contributed by atoms with Crippen LogP contribution in [0, 0.1) is 5.92 Å². The number of thioether (sulfide) groups is 1. The van der Waals surface area contributed by atoms with Gasteiger partial charge in [-0.15, -0.1) is 0 Å². The molecule has 0 aromatic carbocycles. The van der Waals surface area contributed by atoms with Crippen LogP contribution in [0.1, 0.15) is 19.3 Å². The Morgan fingerprint density at radius 3 is 2.88 bits per heavy atom. The molecule has 17 heavy (non-hydrogen) atoms. The van der Waals surface area contributed by atoms with Gasteiger partial charge in [0.2, 0.25) is 5.91 Å². The normalized spacial score (nSPS) is 21.8. The fraction of sp³-hybridized carbons (Fsp3) is 0.818. The molecule has 6 heteroatoms. The minimum absolute atomic E-state index is 0.0834. The topological polar surface area (TPSA) is 78.4 Å². The number of piperidine rings is 1. The van der Waals surface area contributed by atoms with Crippen LogP contribution in [-0.4, -0.2) is 48.1 Å². The van der Waals surface area contributed by atoms with Crippen molar-refractivity contribution in [1.29, 1.82) is 0 Å². The minimum atomic E-state index is -0.948. The minimum Gasteiger partial charge on any atom is -0.480 e. The van der Waals surface area contributed by atoms with Gasteiger partial charge in [0.15, 0.2) is 0 Å². The fourth-order valence-corrected chi connectivity index (χ4v) is 2.33. The molecule has 98 valence electrons. The molecular formula is C11H20N2O3S. The van der Waals surface area contributed by atoms with Gasteiger partial charge in [0.1, 0.15) is 6.04 Å². The van der Waals surface area contributed by atoms with E-state index in [1.54, 1.807) is 11.8 Å². The number of carboxylic acids is 1.